The van der Waals surface area contributed by atoms with Crippen molar-refractivity contribution in [3.05, 3.63) is 28.8 Å². The predicted molar refractivity (Wildman–Crippen MR) is 81.7 cm³/mol. The van der Waals surface area contributed by atoms with Crippen LogP contribution in [-0.4, -0.2) is 49.8 Å². The number of nitrogens with zero attached hydrogens (tertiary/aromatic N) is 1. The molecule has 1 aromatic rings. The first-order chi connectivity index (χ1) is 10.1. The van der Waals surface area contributed by atoms with Crippen LogP contribution in [0.1, 0.15) is 12.5 Å². The van der Waals surface area contributed by atoms with Gasteiger partial charge in [-0.05, 0) is 31.0 Å². The quantitative estimate of drug-likeness (QED) is 0.894. The van der Waals surface area contributed by atoms with Crippen LogP contribution in [0.15, 0.2) is 18.2 Å². The molecule has 5 nitrogen and oxygen atoms in total. The molecule has 1 heterocycles. The van der Waals surface area contributed by atoms with Crippen molar-refractivity contribution in [3.63, 3.8) is 0 Å². The average molecular weight is 313 g/mol. The number of rotatable bonds is 5. The Morgan fingerprint density at radius 1 is 1.48 bits per heavy atom. The molecule has 1 saturated heterocycles. The van der Waals surface area contributed by atoms with Crippen molar-refractivity contribution in [2.45, 2.75) is 19.4 Å². The summed E-state index contributed by atoms with van der Waals surface area (Å²) in [6.07, 6.45) is 0.757. The van der Waals surface area contributed by atoms with Gasteiger partial charge in [0.05, 0.1) is 18.2 Å². The van der Waals surface area contributed by atoms with E-state index in [2.05, 4.69) is 0 Å². The summed E-state index contributed by atoms with van der Waals surface area (Å²) in [5.74, 6) is 0.473. The van der Waals surface area contributed by atoms with Crippen LogP contribution in [0.2, 0.25) is 5.02 Å². The molecule has 0 aromatic heterocycles. The van der Waals surface area contributed by atoms with Crippen LogP contribution in [-0.2, 0) is 16.0 Å². The summed E-state index contributed by atoms with van der Waals surface area (Å²) in [4.78, 5) is 13.7. The molecule has 1 unspecified atom stereocenters. The fourth-order valence-electron chi connectivity index (χ4n) is 2.20. The van der Waals surface area contributed by atoms with Crippen LogP contribution in [0.4, 0.5) is 0 Å². The zero-order valence-corrected chi connectivity index (χ0v) is 12.9. The minimum Gasteiger partial charge on any atom is -0.482 e. The van der Waals surface area contributed by atoms with Crippen molar-refractivity contribution < 1.29 is 14.3 Å². The zero-order chi connectivity index (χ0) is 15.2. The molecule has 1 aliphatic heterocycles. The maximum Gasteiger partial charge on any atom is 0.260 e. The number of amides is 1. The maximum absolute atomic E-state index is 12.0. The highest BCUT2D eigenvalue weighted by molar-refractivity contribution is 6.32. The van der Waals surface area contributed by atoms with Gasteiger partial charge in [0.15, 0.2) is 6.61 Å². The smallest absolute Gasteiger partial charge is 0.260 e. The second-order valence-electron chi connectivity index (χ2n) is 5.23. The minimum absolute atomic E-state index is 0.00758. The summed E-state index contributed by atoms with van der Waals surface area (Å²) in [6.45, 7) is 4.33. The third kappa shape index (κ3) is 4.88. The van der Waals surface area contributed by atoms with E-state index in [1.807, 2.05) is 19.1 Å². The number of halogens is 1. The van der Waals surface area contributed by atoms with Gasteiger partial charge in [-0.1, -0.05) is 17.7 Å². The van der Waals surface area contributed by atoms with Gasteiger partial charge in [0, 0.05) is 19.1 Å². The molecule has 0 saturated carbocycles. The second kappa shape index (κ2) is 7.64. The topological polar surface area (TPSA) is 64.8 Å². The van der Waals surface area contributed by atoms with Crippen molar-refractivity contribution in [1.29, 1.82) is 0 Å². The van der Waals surface area contributed by atoms with Crippen molar-refractivity contribution in [2.75, 3.05) is 32.9 Å². The van der Waals surface area contributed by atoms with Crippen molar-refractivity contribution >= 4 is 17.5 Å². The van der Waals surface area contributed by atoms with E-state index in [1.54, 1.807) is 11.0 Å². The van der Waals surface area contributed by atoms with Gasteiger partial charge in [0.2, 0.25) is 0 Å². The van der Waals surface area contributed by atoms with Crippen molar-refractivity contribution in [3.8, 4) is 5.75 Å². The van der Waals surface area contributed by atoms with E-state index < -0.39 is 0 Å². The monoisotopic (exact) mass is 312 g/mol. The Kier molecular flexibility index (Phi) is 5.85. The van der Waals surface area contributed by atoms with E-state index >= 15 is 0 Å². The van der Waals surface area contributed by atoms with Gasteiger partial charge in [0.1, 0.15) is 5.75 Å². The Labute approximate surface area is 130 Å². The molecular weight excluding hydrogens is 292 g/mol. The van der Waals surface area contributed by atoms with E-state index in [-0.39, 0.29) is 18.6 Å². The number of hydrogen-bond acceptors (Lipinski definition) is 4. The Morgan fingerprint density at radius 3 is 2.81 bits per heavy atom. The molecule has 1 fully saturated rings. The predicted octanol–water partition coefficient (Wildman–Crippen LogP) is 1.47. The van der Waals surface area contributed by atoms with Crippen molar-refractivity contribution in [1.82, 2.24) is 4.90 Å². The Morgan fingerprint density at radius 2 is 2.19 bits per heavy atom. The Balaban J connectivity index is 1.89. The normalized spacial score (nSPS) is 16.6. The number of benzene rings is 1. The molecular formula is C15H21ClN2O3. The van der Waals surface area contributed by atoms with Gasteiger partial charge in [-0.3, -0.25) is 4.79 Å². The molecule has 1 aliphatic rings. The van der Waals surface area contributed by atoms with Gasteiger partial charge in [0.25, 0.3) is 5.91 Å². The molecule has 0 spiro atoms. The highest BCUT2D eigenvalue weighted by atomic mass is 35.5. The summed E-state index contributed by atoms with van der Waals surface area (Å²) in [6, 6.07) is 5.62. The lowest BCUT2D eigenvalue weighted by atomic mass is 10.1. The Hall–Kier alpha value is -1.30. The molecule has 2 N–H and O–H groups in total. The lowest BCUT2D eigenvalue weighted by Gasteiger charge is -2.26. The van der Waals surface area contributed by atoms with Gasteiger partial charge in [-0.15, -0.1) is 0 Å². The van der Waals surface area contributed by atoms with E-state index in [9.17, 15) is 4.79 Å². The summed E-state index contributed by atoms with van der Waals surface area (Å²) in [5.41, 5.74) is 6.82. The molecule has 0 aliphatic carbocycles. The SMILES string of the molecule is CC(N)Cc1ccc(OCC(=O)N2CCOCC2)c(Cl)c1. The van der Waals surface area contributed by atoms with Crippen molar-refractivity contribution in [2.24, 2.45) is 5.73 Å². The van der Waals surface area contributed by atoms with Gasteiger partial charge in [-0.2, -0.15) is 0 Å². The summed E-state index contributed by atoms with van der Waals surface area (Å²) < 4.78 is 10.7. The van der Waals surface area contributed by atoms with Crippen LogP contribution < -0.4 is 10.5 Å². The first kappa shape index (κ1) is 16.1. The number of morpholine rings is 1. The number of ether oxygens (including phenoxy) is 2. The molecule has 2 rings (SSSR count). The van der Waals surface area contributed by atoms with E-state index in [4.69, 9.17) is 26.8 Å². The van der Waals surface area contributed by atoms with Crippen LogP contribution in [0.5, 0.6) is 5.75 Å². The largest absolute Gasteiger partial charge is 0.482 e. The Bertz CT molecular complexity index is 488. The zero-order valence-electron chi connectivity index (χ0n) is 12.2. The molecule has 6 heteroatoms. The fourth-order valence-corrected chi connectivity index (χ4v) is 2.46. The highest BCUT2D eigenvalue weighted by Crippen LogP contribution is 2.26. The van der Waals surface area contributed by atoms with Gasteiger partial charge >= 0.3 is 0 Å². The number of carbonyl (C=O) groups excluding carboxylic acids is 1. The fraction of sp³-hybridized carbons (Fsp3) is 0.533. The third-order valence-electron chi connectivity index (χ3n) is 3.27. The highest BCUT2D eigenvalue weighted by Gasteiger charge is 2.17. The number of hydrogen-bond donors (Lipinski definition) is 1. The summed E-state index contributed by atoms with van der Waals surface area (Å²) in [5, 5.41) is 0.503. The van der Waals surface area contributed by atoms with Crippen LogP contribution in [0.3, 0.4) is 0 Å². The molecule has 0 radical (unpaired) electrons. The standard InChI is InChI=1S/C15H21ClN2O3/c1-11(17)8-12-2-3-14(13(16)9-12)21-10-15(19)18-4-6-20-7-5-18/h2-3,9,11H,4-8,10,17H2,1H3. The molecule has 116 valence electrons. The van der Waals surface area contributed by atoms with Crippen LogP contribution in [0, 0.1) is 0 Å². The van der Waals surface area contributed by atoms with E-state index in [0.717, 1.165) is 12.0 Å². The first-order valence-electron chi connectivity index (χ1n) is 7.08. The number of nitrogens with two attached hydrogens (primary N) is 1. The summed E-state index contributed by atoms with van der Waals surface area (Å²) >= 11 is 6.17. The first-order valence-corrected chi connectivity index (χ1v) is 7.46. The molecule has 21 heavy (non-hydrogen) atoms. The molecule has 1 amide bonds. The average Bonchev–Trinajstić information content (AvgIpc) is 2.46. The third-order valence-corrected chi connectivity index (χ3v) is 3.56. The van der Waals surface area contributed by atoms with Crippen LogP contribution in [0.25, 0.3) is 0 Å². The summed E-state index contributed by atoms with van der Waals surface area (Å²) in [7, 11) is 0. The molecule has 1 aromatic carbocycles. The van der Waals surface area contributed by atoms with Gasteiger partial charge in [-0.25, -0.2) is 0 Å². The lowest BCUT2D eigenvalue weighted by Crippen LogP contribution is -2.43. The molecule has 0 bridgehead atoms. The lowest BCUT2D eigenvalue weighted by molar-refractivity contribution is -0.137. The van der Waals surface area contributed by atoms with Crippen LogP contribution >= 0.6 is 11.6 Å². The minimum atomic E-state index is -0.0472. The molecule has 1 atom stereocenters. The number of carbonyl (C=O) groups is 1. The van der Waals surface area contributed by atoms with E-state index in [1.165, 1.54) is 0 Å². The van der Waals surface area contributed by atoms with E-state index in [0.29, 0.717) is 37.1 Å². The maximum atomic E-state index is 12.0. The van der Waals surface area contributed by atoms with Gasteiger partial charge < -0.3 is 20.1 Å². The second-order valence-corrected chi connectivity index (χ2v) is 5.64.